The summed E-state index contributed by atoms with van der Waals surface area (Å²) >= 11 is 0. The van der Waals surface area contributed by atoms with Gasteiger partial charge in [0, 0.05) is 19.0 Å². The van der Waals surface area contributed by atoms with Crippen molar-refractivity contribution < 1.29 is 18.8 Å². The van der Waals surface area contributed by atoms with Crippen LogP contribution in [-0.4, -0.2) is 44.4 Å². The standard InChI is InChI=1S/C15H18N2O4S/c1-15(2)14(19)12(17-6-4-3-5-11(17)18)13-10(21-15)7-9(8-16)22(13)20/h7,12,14,19H,3-6H2,1-2H3. The summed E-state index contributed by atoms with van der Waals surface area (Å²) in [5.74, 6) is 0.302. The maximum atomic E-state index is 12.5. The highest BCUT2D eigenvalue weighted by Crippen LogP contribution is 2.42. The van der Waals surface area contributed by atoms with Crippen LogP contribution in [0.4, 0.5) is 0 Å². The predicted octanol–water partition coefficient (Wildman–Crippen LogP) is 0.919. The molecular formula is C15H18N2O4S. The van der Waals surface area contributed by atoms with E-state index in [0.29, 0.717) is 23.6 Å². The minimum Gasteiger partial charge on any atom is -0.484 e. The van der Waals surface area contributed by atoms with E-state index >= 15 is 0 Å². The first-order valence-corrected chi connectivity index (χ1v) is 8.46. The SMILES string of the molecule is CC1(C)OC2=C(C(N3CCCCC3=O)C1O)S(=O)C(C#N)=C2. The second-order valence-corrected chi connectivity index (χ2v) is 7.67. The molecule has 3 aliphatic rings. The van der Waals surface area contributed by atoms with Crippen molar-refractivity contribution in [3.8, 4) is 6.07 Å². The second kappa shape index (κ2) is 5.21. The van der Waals surface area contributed by atoms with Crippen LogP contribution in [0.15, 0.2) is 21.6 Å². The Morgan fingerprint density at radius 2 is 2.23 bits per heavy atom. The molecule has 0 radical (unpaired) electrons. The van der Waals surface area contributed by atoms with Gasteiger partial charge in [-0.25, -0.2) is 4.21 Å². The third-order valence-corrected chi connectivity index (χ3v) is 5.81. The van der Waals surface area contributed by atoms with Gasteiger partial charge in [-0.2, -0.15) is 5.26 Å². The van der Waals surface area contributed by atoms with Crippen molar-refractivity contribution in [1.29, 1.82) is 5.26 Å². The largest absolute Gasteiger partial charge is 0.484 e. The normalized spacial score (nSPS) is 33.9. The minimum absolute atomic E-state index is 0.0535. The van der Waals surface area contributed by atoms with Gasteiger partial charge in [0.25, 0.3) is 0 Å². The molecule has 6 nitrogen and oxygen atoms in total. The number of allylic oxidation sites excluding steroid dienone is 2. The van der Waals surface area contributed by atoms with Crippen molar-refractivity contribution >= 4 is 16.7 Å². The molecule has 3 rings (SSSR count). The van der Waals surface area contributed by atoms with Crippen molar-refractivity contribution in [3.63, 3.8) is 0 Å². The van der Waals surface area contributed by atoms with Gasteiger partial charge in [0.05, 0.1) is 21.7 Å². The number of ether oxygens (including phenoxy) is 1. The number of carbonyl (C=O) groups excluding carboxylic acids is 1. The van der Waals surface area contributed by atoms with Crippen LogP contribution in [0.3, 0.4) is 0 Å². The van der Waals surface area contributed by atoms with Gasteiger partial charge in [-0.05, 0) is 26.7 Å². The van der Waals surface area contributed by atoms with E-state index in [2.05, 4.69) is 0 Å². The average molecular weight is 322 g/mol. The molecule has 118 valence electrons. The summed E-state index contributed by atoms with van der Waals surface area (Å²) in [5, 5.41) is 19.8. The Kier molecular flexibility index (Phi) is 3.62. The van der Waals surface area contributed by atoms with E-state index in [9.17, 15) is 14.1 Å². The van der Waals surface area contributed by atoms with Gasteiger partial charge < -0.3 is 14.7 Å². The zero-order valence-corrected chi connectivity index (χ0v) is 13.4. The van der Waals surface area contributed by atoms with Crippen LogP contribution in [0.5, 0.6) is 0 Å². The van der Waals surface area contributed by atoms with Gasteiger partial charge in [-0.1, -0.05) is 0 Å². The molecule has 1 fully saturated rings. The van der Waals surface area contributed by atoms with E-state index in [1.807, 2.05) is 6.07 Å². The molecule has 3 atom stereocenters. The van der Waals surface area contributed by atoms with Crippen molar-refractivity contribution in [1.82, 2.24) is 4.90 Å². The number of hydrogen-bond donors (Lipinski definition) is 1. The molecule has 3 unspecified atom stereocenters. The number of likely N-dealkylation sites (tertiary alicyclic amines) is 1. The third-order valence-electron chi connectivity index (χ3n) is 4.36. The molecule has 0 aromatic heterocycles. The highest BCUT2D eigenvalue weighted by Gasteiger charge is 2.51. The summed E-state index contributed by atoms with van der Waals surface area (Å²) in [5.41, 5.74) is -0.924. The molecule has 3 aliphatic heterocycles. The Balaban J connectivity index is 2.07. The first-order chi connectivity index (χ1) is 10.4. The lowest BCUT2D eigenvalue weighted by Gasteiger charge is -2.46. The van der Waals surface area contributed by atoms with Gasteiger partial charge in [-0.15, -0.1) is 0 Å². The lowest BCUT2D eigenvalue weighted by Crippen LogP contribution is -2.59. The van der Waals surface area contributed by atoms with Gasteiger partial charge in [0.2, 0.25) is 5.91 Å². The van der Waals surface area contributed by atoms with E-state index in [0.717, 1.165) is 12.8 Å². The predicted molar refractivity (Wildman–Crippen MR) is 79.4 cm³/mol. The number of nitriles is 1. The van der Waals surface area contributed by atoms with Gasteiger partial charge >= 0.3 is 0 Å². The number of piperidine rings is 1. The molecule has 0 aromatic rings. The zero-order valence-electron chi connectivity index (χ0n) is 12.5. The number of rotatable bonds is 1. The molecule has 1 N–H and O–H groups in total. The summed E-state index contributed by atoms with van der Waals surface area (Å²) < 4.78 is 18.3. The van der Waals surface area contributed by atoms with Crippen LogP contribution in [-0.2, 0) is 20.3 Å². The van der Waals surface area contributed by atoms with Gasteiger partial charge in [0.15, 0.2) is 0 Å². The molecule has 0 aromatic carbocycles. The van der Waals surface area contributed by atoms with Crippen molar-refractivity contribution in [2.24, 2.45) is 0 Å². The van der Waals surface area contributed by atoms with E-state index in [1.54, 1.807) is 18.7 Å². The maximum absolute atomic E-state index is 12.5. The van der Waals surface area contributed by atoms with Crippen LogP contribution in [0.2, 0.25) is 0 Å². The smallest absolute Gasteiger partial charge is 0.223 e. The highest BCUT2D eigenvalue weighted by atomic mass is 32.2. The molecule has 22 heavy (non-hydrogen) atoms. The number of hydrogen-bond acceptors (Lipinski definition) is 5. The molecule has 1 saturated heterocycles. The van der Waals surface area contributed by atoms with Crippen LogP contribution in [0.1, 0.15) is 33.1 Å². The molecule has 0 aliphatic carbocycles. The van der Waals surface area contributed by atoms with Crippen LogP contribution in [0.25, 0.3) is 0 Å². The first-order valence-electron chi connectivity index (χ1n) is 7.31. The number of carbonyl (C=O) groups is 1. The lowest BCUT2D eigenvalue weighted by molar-refractivity contribution is -0.147. The Hall–Kier alpha value is -1.65. The fourth-order valence-electron chi connectivity index (χ4n) is 3.16. The van der Waals surface area contributed by atoms with Crippen LogP contribution in [0, 0.1) is 11.3 Å². The van der Waals surface area contributed by atoms with Crippen molar-refractivity contribution in [3.05, 3.63) is 21.6 Å². The molecule has 3 heterocycles. The maximum Gasteiger partial charge on any atom is 0.223 e. The van der Waals surface area contributed by atoms with Crippen LogP contribution < -0.4 is 0 Å². The molecule has 7 heteroatoms. The number of aliphatic hydroxyl groups excluding tert-OH is 1. The van der Waals surface area contributed by atoms with Gasteiger partial charge in [-0.3, -0.25) is 4.79 Å². The molecule has 0 spiro atoms. The molecule has 1 amide bonds. The summed E-state index contributed by atoms with van der Waals surface area (Å²) in [7, 11) is -1.68. The quantitative estimate of drug-likeness (QED) is 0.775. The highest BCUT2D eigenvalue weighted by molar-refractivity contribution is 7.93. The first kappa shape index (κ1) is 15.3. The minimum atomic E-state index is -1.68. The third kappa shape index (κ3) is 2.18. The van der Waals surface area contributed by atoms with E-state index in [4.69, 9.17) is 10.00 Å². The average Bonchev–Trinajstić information content (AvgIpc) is 2.77. The fraction of sp³-hybridized carbons (Fsp3) is 0.600. The monoisotopic (exact) mass is 322 g/mol. The lowest BCUT2D eigenvalue weighted by atomic mass is 9.89. The Labute approximate surface area is 131 Å². The number of aliphatic hydroxyl groups is 1. The second-order valence-electron chi connectivity index (χ2n) is 6.26. The Morgan fingerprint density at radius 3 is 2.86 bits per heavy atom. The summed E-state index contributed by atoms with van der Waals surface area (Å²) in [4.78, 5) is 14.3. The van der Waals surface area contributed by atoms with Crippen molar-refractivity contribution in [2.75, 3.05) is 6.54 Å². The summed E-state index contributed by atoms with van der Waals surface area (Å²) in [6.07, 6.45) is 2.57. The van der Waals surface area contributed by atoms with E-state index in [1.165, 1.54) is 6.08 Å². The zero-order chi connectivity index (χ0) is 16.1. The molecule has 0 saturated carbocycles. The van der Waals surface area contributed by atoms with E-state index in [-0.39, 0.29) is 10.8 Å². The summed E-state index contributed by atoms with van der Waals surface area (Å²) in [6, 6.07) is 1.20. The van der Waals surface area contributed by atoms with Crippen molar-refractivity contribution in [2.45, 2.75) is 50.9 Å². The van der Waals surface area contributed by atoms with E-state index < -0.39 is 28.5 Å². The van der Waals surface area contributed by atoms with Gasteiger partial charge in [0.1, 0.15) is 28.4 Å². The number of nitrogens with zero attached hydrogens (tertiary/aromatic N) is 2. The summed E-state index contributed by atoms with van der Waals surface area (Å²) in [6.45, 7) is 3.97. The Morgan fingerprint density at radius 1 is 1.50 bits per heavy atom. The molecule has 0 bridgehead atoms. The fourth-order valence-corrected chi connectivity index (χ4v) is 4.46. The number of amides is 1. The topological polar surface area (TPSA) is 90.6 Å². The Bertz CT molecular complexity index is 659. The molecular weight excluding hydrogens is 304 g/mol. The van der Waals surface area contributed by atoms with Crippen LogP contribution >= 0.6 is 0 Å².